The SMILES string of the molecule is COC1CCC(O)(CC#N)CC1. The fourth-order valence-electron chi connectivity index (χ4n) is 1.69. The Kier molecular flexibility index (Phi) is 3.07. The quantitative estimate of drug-likeness (QED) is 0.676. The number of rotatable bonds is 2. The lowest BCUT2D eigenvalue weighted by Crippen LogP contribution is -2.35. The highest BCUT2D eigenvalue weighted by molar-refractivity contribution is 4.92. The first kappa shape index (κ1) is 9.50. The minimum Gasteiger partial charge on any atom is -0.389 e. The van der Waals surface area contributed by atoms with Gasteiger partial charge < -0.3 is 9.84 Å². The zero-order valence-electron chi connectivity index (χ0n) is 7.42. The molecule has 0 aromatic rings. The molecule has 68 valence electrons. The molecule has 3 heteroatoms. The molecule has 0 radical (unpaired) electrons. The van der Waals surface area contributed by atoms with Crippen LogP contribution in [0.4, 0.5) is 0 Å². The molecule has 0 aromatic heterocycles. The molecule has 0 spiro atoms. The highest BCUT2D eigenvalue weighted by Crippen LogP contribution is 2.31. The van der Waals surface area contributed by atoms with Crippen molar-refractivity contribution < 1.29 is 9.84 Å². The Labute approximate surface area is 73.0 Å². The first-order valence-corrected chi connectivity index (χ1v) is 4.32. The molecule has 1 rings (SSSR count). The van der Waals surface area contributed by atoms with Crippen LogP contribution >= 0.6 is 0 Å². The Hall–Kier alpha value is -0.590. The molecule has 0 saturated heterocycles. The van der Waals surface area contributed by atoms with Gasteiger partial charge in [-0.05, 0) is 25.7 Å². The molecule has 1 aliphatic rings. The minimum atomic E-state index is -0.732. The molecule has 1 N–H and O–H groups in total. The van der Waals surface area contributed by atoms with Crippen LogP contribution in [-0.4, -0.2) is 23.9 Å². The van der Waals surface area contributed by atoms with Gasteiger partial charge in [0.05, 0.1) is 24.2 Å². The van der Waals surface area contributed by atoms with Crippen LogP contribution in [0.15, 0.2) is 0 Å². The Bertz CT molecular complexity index is 177. The zero-order valence-corrected chi connectivity index (χ0v) is 7.42. The van der Waals surface area contributed by atoms with Crippen molar-refractivity contribution in [3.05, 3.63) is 0 Å². The van der Waals surface area contributed by atoms with Gasteiger partial charge in [0.1, 0.15) is 0 Å². The van der Waals surface area contributed by atoms with Crippen LogP contribution in [0.25, 0.3) is 0 Å². The molecule has 1 fully saturated rings. The van der Waals surface area contributed by atoms with E-state index in [4.69, 9.17) is 10.00 Å². The van der Waals surface area contributed by atoms with Crippen LogP contribution < -0.4 is 0 Å². The number of methoxy groups -OCH3 is 1. The van der Waals surface area contributed by atoms with Gasteiger partial charge in [0.2, 0.25) is 0 Å². The van der Waals surface area contributed by atoms with Gasteiger partial charge in [-0.1, -0.05) is 0 Å². The van der Waals surface area contributed by atoms with E-state index in [1.165, 1.54) is 0 Å². The molecule has 1 saturated carbocycles. The molecule has 0 amide bonds. The fourth-order valence-corrected chi connectivity index (χ4v) is 1.69. The van der Waals surface area contributed by atoms with E-state index in [0.29, 0.717) is 12.8 Å². The smallest absolute Gasteiger partial charge is 0.0779 e. The Morgan fingerprint density at radius 2 is 2.17 bits per heavy atom. The van der Waals surface area contributed by atoms with Crippen molar-refractivity contribution in [1.82, 2.24) is 0 Å². The summed E-state index contributed by atoms with van der Waals surface area (Å²) in [6.07, 6.45) is 3.66. The molecular weight excluding hydrogens is 154 g/mol. The lowest BCUT2D eigenvalue weighted by atomic mass is 9.81. The number of nitrogens with zero attached hydrogens (tertiary/aromatic N) is 1. The predicted octanol–water partition coefficient (Wildman–Crippen LogP) is 1.22. The lowest BCUT2D eigenvalue weighted by Gasteiger charge is -2.33. The third-order valence-electron chi connectivity index (χ3n) is 2.60. The summed E-state index contributed by atoms with van der Waals surface area (Å²) in [5, 5.41) is 18.3. The van der Waals surface area contributed by atoms with Crippen LogP contribution in [0, 0.1) is 11.3 Å². The average Bonchev–Trinajstić information content (AvgIpc) is 2.06. The van der Waals surface area contributed by atoms with E-state index in [9.17, 15) is 5.11 Å². The normalized spacial score (nSPS) is 35.9. The summed E-state index contributed by atoms with van der Waals surface area (Å²) in [6, 6.07) is 2.02. The van der Waals surface area contributed by atoms with Crippen molar-refractivity contribution >= 4 is 0 Å². The second-order valence-electron chi connectivity index (χ2n) is 3.49. The van der Waals surface area contributed by atoms with Gasteiger partial charge in [-0.15, -0.1) is 0 Å². The molecule has 0 heterocycles. The van der Waals surface area contributed by atoms with Crippen LogP contribution in [0.2, 0.25) is 0 Å². The van der Waals surface area contributed by atoms with E-state index in [1.807, 2.05) is 6.07 Å². The van der Waals surface area contributed by atoms with Crippen LogP contribution in [-0.2, 0) is 4.74 Å². The van der Waals surface area contributed by atoms with Crippen molar-refractivity contribution in [2.75, 3.05) is 7.11 Å². The largest absolute Gasteiger partial charge is 0.389 e. The fraction of sp³-hybridized carbons (Fsp3) is 0.889. The van der Waals surface area contributed by atoms with Crippen molar-refractivity contribution in [2.45, 2.75) is 43.8 Å². The zero-order chi connectivity index (χ0) is 9.03. The first-order valence-electron chi connectivity index (χ1n) is 4.32. The maximum absolute atomic E-state index is 9.81. The summed E-state index contributed by atoms with van der Waals surface area (Å²) in [5.41, 5.74) is -0.732. The number of ether oxygens (including phenoxy) is 1. The summed E-state index contributed by atoms with van der Waals surface area (Å²) in [6.45, 7) is 0. The van der Waals surface area contributed by atoms with Crippen molar-refractivity contribution in [2.24, 2.45) is 0 Å². The van der Waals surface area contributed by atoms with Crippen molar-refractivity contribution in [1.29, 1.82) is 5.26 Å². The number of aliphatic hydroxyl groups is 1. The topological polar surface area (TPSA) is 53.2 Å². The molecule has 0 atom stereocenters. The number of nitriles is 1. The summed E-state index contributed by atoms with van der Waals surface area (Å²) < 4.78 is 5.17. The first-order chi connectivity index (χ1) is 5.70. The molecule has 3 nitrogen and oxygen atoms in total. The van der Waals surface area contributed by atoms with E-state index >= 15 is 0 Å². The molecule has 0 aliphatic heterocycles. The predicted molar refractivity (Wildman–Crippen MR) is 44.4 cm³/mol. The molecule has 0 bridgehead atoms. The highest BCUT2D eigenvalue weighted by Gasteiger charge is 2.32. The van der Waals surface area contributed by atoms with Gasteiger partial charge >= 0.3 is 0 Å². The van der Waals surface area contributed by atoms with E-state index in [-0.39, 0.29) is 12.5 Å². The van der Waals surface area contributed by atoms with Gasteiger partial charge in [0.15, 0.2) is 0 Å². The molecular formula is C9H15NO2. The standard InChI is InChI=1S/C9H15NO2/c1-12-8-2-4-9(11,5-3-8)6-7-10/h8,11H,2-6H2,1H3. The van der Waals surface area contributed by atoms with Gasteiger partial charge in [-0.2, -0.15) is 5.26 Å². The van der Waals surface area contributed by atoms with E-state index in [0.717, 1.165) is 12.8 Å². The number of hydrogen-bond donors (Lipinski definition) is 1. The van der Waals surface area contributed by atoms with Crippen molar-refractivity contribution in [3.63, 3.8) is 0 Å². The second-order valence-corrected chi connectivity index (χ2v) is 3.49. The Morgan fingerprint density at radius 3 is 2.58 bits per heavy atom. The Morgan fingerprint density at radius 1 is 1.58 bits per heavy atom. The maximum Gasteiger partial charge on any atom is 0.0779 e. The third kappa shape index (κ3) is 2.20. The monoisotopic (exact) mass is 169 g/mol. The summed E-state index contributed by atoms with van der Waals surface area (Å²) in [4.78, 5) is 0. The third-order valence-corrected chi connectivity index (χ3v) is 2.60. The van der Waals surface area contributed by atoms with Crippen LogP contribution in [0.1, 0.15) is 32.1 Å². The highest BCUT2D eigenvalue weighted by atomic mass is 16.5. The van der Waals surface area contributed by atoms with E-state index in [1.54, 1.807) is 7.11 Å². The summed E-state index contributed by atoms with van der Waals surface area (Å²) in [5.74, 6) is 0. The van der Waals surface area contributed by atoms with E-state index < -0.39 is 5.60 Å². The van der Waals surface area contributed by atoms with Crippen molar-refractivity contribution in [3.8, 4) is 6.07 Å². The van der Waals surface area contributed by atoms with Gasteiger partial charge in [0.25, 0.3) is 0 Å². The molecule has 0 aromatic carbocycles. The number of hydrogen-bond acceptors (Lipinski definition) is 3. The molecule has 1 aliphatic carbocycles. The van der Waals surface area contributed by atoms with E-state index in [2.05, 4.69) is 0 Å². The minimum absolute atomic E-state index is 0.253. The molecule has 12 heavy (non-hydrogen) atoms. The van der Waals surface area contributed by atoms with Gasteiger partial charge in [0, 0.05) is 7.11 Å². The summed E-state index contributed by atoms with van der Waals surface area (Å²) >= 11 is 0. The van der Waals surface area contributed by atoms with Crippen LogP contribution in [0.3, 0.4) is 0 Å². The summed E-state index contributed by atoms with van der Waals surface area (Å²) in [7, 11) is 1.69. The Balaban J connectivity index is 2.39. The molecule has 0 unspecified atom stereocenters. The van der Waals surface area contributed by atoms with Gasteiger partial charge in [-0.25, -0.2) is 0 Å². The average molecular weight is 169 g/mol. The van der Waals surface area contributed by atoms with Gasteiger partial charge in [-0.3, -0.25) is 0 Å². The maximum atomic E-state index is 9.81. The lowest BCUT2D eigenvalue weighted by molar-refractivity contribution is -0.0401. The second kappa shape index (κ2) is 3.88. The van der Waals surface area contributed by atoms with Crippen LogP contribution in [0.5, 0.6) is 0 Å².